The van der Waals surface area contributed by atoms with Crippen molar-refractivity contribution in [3.8, 4) is 0 Å². The molecule has 0 bridgehead atoms. The summed E-state index contributed by atoms with van der Waals surface area (Å²) in [5, 5.41) is 79.5. The van der Waals surface area contributed by atoms with Crippen LogP contribution in [0.4, 0.5) is 0 Å². The first-order valence-electron chi connectivity index (χ1n) is 11.7. The lowest BCUT2D eigenvalue weighted by Gasteiger charge is -1.85. The minimum atomic E-state index is -0.981. The first kappa shape index (κ1) is 52.9. The molecular formula is C26H50O14. The molecular weight excluding hydrogens is 536 g/mol. The summed E-state index contributed by atoms with van der Waals surface area (Å²) in [4.78, 5) is 37.7. The summed E-state index contributed by atoms with van der Waals surface area (Å²) in [6.07, 6.45) is 5.98. The number of carboxylic acids is 4. The van der Waals surface area contributed by atoms with Gasteiger partial charge in [-0.2, -0.15) is 0 Å². The molecule has 0 atom stereocenters. The van der Waals surface area contributed by atoms with Crippen LogP contribution in [0.5, 0.6) is 0 Å². The van der Waals surface area contributed by atoms with Gasteiger partial charge in [0.1, 0.15) is 0 Å². The van der Waals surface area contributed by atoms with E-state index in [1.54, 1.807) is 0 Å². The minimum absolute atomic E-state index is 0.176. The Morgan fingerprint density at radius 1 is 0.475 bits per heavy atom. The van der Waals surface area contributed by atoms with Crippen LogP contribution in [0, 0.1) is 0 Å². The van der Waals surface area contributed by atoms with E-state index in [1.165, 1.54) is 13.8 Å². The van der Waals surface area contributed by atoms with E-state index in [2.05, 4.69) is 26.3 Å². The number of aliphatic carboxylic acids is 4. The third-order valence-electron chi connectivity index (χ3n) is 2.78. The summed E-state index contributed by atoms with van der Waals surface area (Å²) in [6, 6.07) is 0. The Kier molecular flexibility index (Phi) is 69.0. The molecule has 0 heterocycles. The average molecular weight is 587 g/mol. The van der Waals surface area contributed by atoms with E-state index in [0.717, 1.165) is 50.7 Å². The Labute approximate surface area is 236 Å². The first-order chi connectivity index (χ1) is 18.6. The van der Waals surface area contributed by atoms with Crippen molar-refractivity contribution >= 4 is 23.9 Å². The van der Waals surface area contributed by atoms with Gasteiger partial charge in [-0.1, -0.05) is 26.3 Å². The number of rotatable bonds is 13. The molecule has 0 aromatic rings. The van der Waals surface area contributed by atoms with E-state index < -0.39 is 23.9 Å². The maximum Gasteiger partial charge on any atom is 0.330 e. The maximum absolute atomic E-state index is 9.60. The second-order valence-electron chi connectivity index (χ2n) is 6.72. The molecule has 0 amide bonds. The highest BCUT2D eigenvalue weighted by molar-refractivity contribution is 5.85. The second kappa shape index (κ2) is 52.1. The van der Waals surface area contributed by atoms with Crippen molar-refractivity contribution in [1.82, 2.24) is 0 Å². The molecule has 0 aromatic heterocycles. The highest BCUT2D eigenvalue weighted by atomic mass is 16.4. The quantitative estimate of drug-likeness (QED) is 0.107. The largest absolute Gasteiger partial charge is 0.478 e. The number of hydrogen-bond donors (Lipinski definition) is 10. The molecule has 0 fully saturated rings. The molecule has 40 heavy (non-hydrogen) atoms. The van der Waals surface area contributed by atoms with E-state index in [9.17, 15) is 19.2 Å². The van der Waals surface area contributed by atoms with Gasteiger partial charge < -0.3 is 51.1 Å². The fourth-order valence-electron chi connectivity index (χ4n) is 0.671. The van der Waals surface area contributed by atoms with Gasteiger partial charge in [0.05, 0.1) is 0 Å². The molecule has 14 heteroatoms. The number of unbranched alkanes of at least 4 members (excludes halogenated alkanes) is 3. The number of hydrogen-bond acceptors (Lipinski definition) is 10. The first-order valence-corrected chi connectivity index (χ1v) is 11.7. The van der Waals surface area contributed by atoms with Gasteiger partial charge in [-0.3, -0.25) is 0 Å². The lowest BCUT2D eigenvalue weighted by Crippen LogP contribution is -1.92. The minimum Gasteiger partial charge on any atom is -0.478 e. The van der Waals surface area contributed by atoms with E-state index in [1.807, 2.05) is 0 Å². The van der Waals surface area contributed by atoms with Crippen LogP contribution < -0.4 is 0 Å². The number of aliphatic hydroxyl groups is 6. The summed E-state index contributed by atoms with van der Waals surface area (Å²) >= 11 is 0. The Bertz CT molecular complexity index is 534. The molecule has 238 valence electrons. The highest BCUT2D eigenvalue weighted by Gasteiger charge is 1.90. The number of carboxylic acid groups (broad SMARTS) is 4. The Morgan fingerprint density at radius 3 is 0.600 bits per heavy atom. The van der Waals surface area contributed by atoms with Crippen LogP contribution >= 0.6 is 0 Å². The van der Waals surface area contributed by atoms with Crippen LogP contribution in [-0.2, 0) is 19.2 Å². The third-order valence-corrected chi connectivity index (χ3v) is 2.78. The zero-order valence-corrected chi connectivity index (χ0v) is 23.6. The third kappa shape index (κ3) is 126. The topological polar surface area (TPSA) is 271 Å². The molecule has 0 unspecified atom stereocenters. The molecule has 0 saturated heterocycles. The molecule has 0 spiro atoms. The molecule has 0 aliphatic carbocycles. The van der Waals surface area contributed by atoms with Gasteiger partial charge in [0.25, 0.3) is 0 Å². The summed E-state index contributed by atoms with van der Waals surface area (Å²) in [5.74, 6) is -3.83. The van der Waals surface area contributed by atoms with Gasteiger partial charge in [0.15, 0.2) is 0 Å². The van der Waals surface area contributed by atoms with Crippen molar-refractivity contribution in [2.45, 2.75) is 52.4 Å². The van der Waals surface area contributed by atoms with Crippen LogP contribution in [0.2, 0.25) is 0 Å². The molecule has 0 saturated carbocycles. The Hall–Kier alpha value is -3.40. The predicted octanol–water partition coefficient (Wildman–Crippen LogP) is 1.06. The lowest BCUT2D eigenvalue weighted by atomic mass is 10.3. The molecule has 0 rings (SSSR count). The normalized spacial score (nSPS) is 7.90. The number of aliphatic hydroxyl groups excluding tert-OH is 6. The SMILES string of the molecule is C=C(C)C(=O)O.C=C(C)C(=O)O.C=CC(=O)O.C=CC(=O)O.OCCCCO.OCCCCO.OCCCCO. The monoisotopic (exact) mass is 586 g/mol. The van der Waals surface area contributed by atoms with E-state index in [4.69, 9.17) is 51.1 Å². The van der Waals surface area contributed by atoms with E-state index in [0.29, 0.717) is 0 Å². The summed E-state index contributed by atoms with van der Waals surface area (Å²) < 4.78 is 0. The van der Waals surface area contributed by atoms with E-state index >= 15 is 0 Å². The lowest BCUT2D eigenvalue weighted by molar-refractivity contribution is -0.133. The van der Waals surface area contributed by atoms with Crippen LogP contribution in [0.1, 0.15) is 52.4 Å². The standard InChI is InChI=1S/2C4H6O2.3C4H10O2.2C3H4O2/c2*1-3(2)4(5)6;3*5-3-1-2-4-6;2*1-2-3(4)5/h2*1H2,2H3,(H,5,6);3*5-6H,1-4H2;2*2H,1H2,(H,4,5). The molecule has 0 radical (unpaired) electrons. The fraction of sp³-hybridized carbons (Fsp3) is 0.538. The Morgan fingerprint density at radius 2 is 0.575 bits per heavy atom. The molecule has 0 aliphatic heterocycles. The molecule has 0 aromatic carbocycles. The molecule has 0 aliphatic rings. The average Bonchev–Trinajstić information content (AvgIpc) is 2.91. The van der Waals surface area contributed by atoms with E-state index in [-0.39, 0.29) is 50.8 Å². The second-order valence-corrected chi connectivity index (χ2v) is 6.72. The van der Waals surface area contributed by atoms with Gasteiger partial charge in [0, 0.05) is 62.9 Å². The van der Waals surface area contributed by atoms with Crippen LogP contribution in [0.3, 0.4) is 0 Å². The van der Waals surface area contributed by atoms with Crippen molar-refractivity contribution in [2.75, 3.05) is 39.6 Å². The number of carbonyl (C=O) groups is 4. The molecule has 14 nitrogen and oxygen atoms in total. The smallest absolute Gasteiger partial charge is 0.330 e. The van der Waals surface area contributed by atoms with Crippen LogP contribution in [0.25, 0.3) is 0 Å². The van der Waals surface area contributed by atoms with Crippen molar-refractivity contribution in [3.05, 3.63) is 49.6 Å². The zero-order chi connectivity index (χ0) is 33.4. The zero-order valence-electron chi connectivity index (χ0n) is 23.6. The predicted molar refractivity (Wildman–Crippen MR) is 151 cm³/mol. The van der Waals surface area contributed by atoms with Crippen LogP contribution in [0.15, 0.2) is 49.6 Å². The van der Waals surface area contributed by atoms with Crippen molar-refractivity contribution in [2.24, 2.45) is 0 Å². The van der Waals surface area contributed by atoms with Crippen LogP contribution in [-0.4, -0.2) is 115 Å². The maximum atomic E-state index is 9.60. The van der Waals surface area contributed by atoms with Crippen molar-refractivity contribution in [1.29, 1.82) is 0 Å². The summed E-state index contributed by atoms with van der Waals surface area (Å²) in [7, 11) is 0. The van der Waals surface area contributed by atoms with Crippen molar-refractivity contribution in [3.63, 3.8) is 0 Å². The van der Waals surface area contributed by atoms with Gasteiger partial charge in [-0.15, -0.1) is 0 Å². The fourth-order valence-corrected chi connectivity index (χ4v) is 0.671. The van der Waals surface area contributed by atoms with Gasteiger partial charge in [-0.05, 0) is 52.4 Å². The van der Waals surface area contributed by atoms with Crippen molar-refractivity contribution < 1.29 is 70.2 Å². The summed E-state index contributed by atoms with van der Waals surface area (Å²) in [5.41, 5.74) is 0.352. The van der Waals surface area contributed by atoms with Gasteiger partial charge in [-0.25, -0.2) is 19.2 Å². The summed E-state index contributed by atoms with van der Waals surface area (Å²) in [6.45, 7) is 16.3. The Balaban J connectivity index is -0.0000000636. The van der Waals surface area contributed by atoms with Gasteiger partial charge >= 0.3 is 23.9 Å². The molecule has 10 N–H and O–H groups in total. The highest BCUT2D eigenvalue weighted by Crippen LogP contribution is 1.82. The van der Waals surface area contributed by atoms with Gasteiger partial charge in [0.2, 0.25) is 0 Å².